The zero-order chi connectivity index (χ0) is 12.9. The summed E-state index contributed by atoms with van der Waals surface area (Å²) < 4.78 is 96.3. The van der Waals surface area contributed by atoms with Crippen LogP contribution in [-0.4, -0.2) is 0 Å². The summed E-state index contributed by atoms with van der Waals surface area (Å²) in [6, 6.07) is -0.616. The normalized spacial score (nSPS) is 17.8. The molecule has 0 saturated heterocycles. The third-order valence-corrected chi connectivity index (χ3v) is 2.79. The van der Waals surface area contributed by atoms with Gasteiger partial charge in [-0.25, -0.2) is 0 Å². The molecule has 0 aliphatic carbocycles. The summed E-state index contributed by atoms with van der Waals surface area (Å²) in [4.78, 5) is -2.34. The predicted molar refractivity (Wildman–Crippen MR) is 42.8 cm³/mol. The number of hydrogen-bond acceptors (Lipinski definition) is 0. The van der Waals surface area contributed by atoms with Gasteiger partial charge in [0.05, 0.1) is 5.56 Å². The second-order valence-corrected chi connectivity index (χ2v) is 5.40. The van der Waals surface area contributed by atoms with Gasteiger partial charge in [0.25, 0.3) is 0 Å². The van der Waals surface area contributed by atoms with Crippen LogP contribution in [0.5, 0.6) is 0 Å². The maximum atomic E-state index is 12.1. The molecule has 0 N–H and O–H groups in total. The molecule has 0 spiro atoms. The van der Waals surface area contributed by atoms with Crippen LogP contribution in [0.25, 0.3) is 0 Å². The second kappa shape index (κ2) is 2.63. The standard InChI is InChI=1S/C7H4F8S/c8-7(9,10)5-1-3-6(4-2-5)16(11,12,13,14)15/h1-4H. The van der Waals surface area contributed by atoms with E-state index in [0.29, 0.717) is 0 Å². The maximum Gasteiger partial charge on any atom is 0.416 e. The monoisotopic (exact) mass is 272 g/mol. The first-order valence-corrected chi connectivity index (χ1v) is 5.57. The molecule has 1 aromatic carbocycles. The lowest BCUT2D eigenvalue weighted by Crippen LogP contribution is -2.08. The van der Waals surface area contributed by atoms with E-state index in [2.05, 4.69) is 0 Å². The molecule has 0 nitrogen and oxygen atoms in total. The minimum Gasteiger partial charge on any atom is -0.166 e. The topological polar surface area (TPSA) is 0 Å². The third kappa shape index (κ3) is 3.00. The van der Waals surface area contributed by atoms with Crippen molar-refractivity contribution in [3.8, 4) is 0 Å². The van der Waals surface area contributed by atoms with Crippen molar-refractivity contribution in [3.05, 3.63) is 29.8 Å². The van der Waals surface area contributed by atoms with Gasteiger partial charge in [-0.05, 0) is 24.3 Å². The van der Waals surface area contributed by atoms with Gasteiger partial charge in [-0.1, -0.05) is 19.4 Å². The van der Waals surface area contributed by atoms with Crippen molar-refractivity contribution in [2.75, 3.05) is 0 Å². The van der Waals surface area contributed by atoms with Crippen LogP contribution in [0.1, 0.15) is 5.56 Å². The van der Waals surface area contributed by atoms with Gasteiger partial charge >= 0.3 is 16.4 Å². The Bertz CT molecular complexity index is 396. The molecule has 0 aromatic heterocycles. The van der Waals surface area contributed by atoms with Crippen LogP contribution in [0.15, 0.2) is 29.2 Å². The molecule has 0 fully saturated rings. The summed E-state index contributed by atoms with van der Waals surface area (Å²) in [7, 11) is -9.88. The second-order valence-electron chi connectivity index (χ2n) is 2.99. The molecular weight excluding hydrogens is 268 g/mol. The van der Waals surface area contributed by atoms with Crippen molar-refractivity contribution >= 4 is 10.2 Å². The fraction of sp³-hybridized carbons (Fsp3) is 0.143. The van der Waals surface area contributed by atoms with Gasteiger partial charge in [0.1, 0.15) is 4.90 Å². The van der Waals surface area contributed by atoms with E-state index in [0.717, 1.165) is 0 Å². The van der Waals surface area contributed by atoms with Gasteiger partial charge in [-0.3, -0.25) is 0 Å². The Labute approximate surface area is 84.6 Å². The highest BCUT2D eigenvalue weighted by molar-refractivity contribution is 8.45. The molecule has 0 saturated carbocycles. The van der Waals surface area contributed by atoms with Gasteiger partial charge in [-0.15, -0.1) is 0 Å². The Morgan fingerprint density at radius 3 is 1.38 bits per heavy atom. The molecule has 94 valence electrons. The number of halogens is 8. The molecule has 0 aliphatic heterocycles. The zero-order valence-corrected chi connectivity index (χ0v) is 8.06. The van der Waals surface area contributed by atoms with Gasteiger partial charge in [-0.2, -0.15) is 13.2 Å². The molecule has 0 aliphatic rings. The van der Waals surface area contributed by atoms with Gasteiger partial charge in [0.15, 0.2) is 0 Å². The number of hydrogen-bond donors (Lipinski definition) is 0. The van der Waals surface area contributed by atoms with Crippen LogP contribution >= 0.6 is 10.2 Å². The molecule has 0 amide bonds. The maximum absolute atomic E-state index is 12.1. The first-order chi connectivity index (χ1) is 6.70. The molecule has 0 unspecified atom stereocenters. The number of alkyl halides is 3. The average molecular weight is 272 g/mol. The fourth-order valence-electron chi connectivity index (χ4n) is 0.901. The molecule has 9 heteroatoms. The first-order valence-electron chi connectivity index (χ1n) is 3.61. The lowest BCUT2D eigenvalue weighted by Gasteiger charge is -2.40. The van der Waals surface area contributed by atoms with Crippen molar-refractivity contribution < 1.29 is 32.6 Å². The van der Waals surface area contributed by atoms with Crippen molar-refractivity contribution in [2.45, 2.75) is 11.1 Å². The van der Waals surface area contributed by atoms with E-state index in [-0.39, 0.29) is 24.3 Å². The molecule has 0 heterocycles. The molecule has 1 rings (SSSR count). The van der Waals surface area contributed by atoms with E-state index >= 15 is 0 Å². The van der Waals surface area contributed by atoms with E-state index in [1.54, 1.807) is 0 Å². The summed E-state index contributed by atoms with van der Waals surface area (Å²) in [5.41, 5.74) is -1.42. The number of rotatable bonds is 1. The number of benzene rings is 1. The van der Waals surface area contributed by atoms with E-state index in [1.807, 2.05) is 0 Å². The van der Waals surface area contributed by atoms with Crippen molar-refractivity contribution in [3.63, 3.8) is 0 Å². The van der Waals surface area contributed by atoms with Crippen LogP contribution in [0, 0.1) is 0 Å². The molecule has 0 atom stereocenters. The van der Waals surface area contributed by atoms with E-state index in [9.17, 15) is 32.6 Å². The third-order valence-electron chi connectivity index (χ3n) is 1.63. The lowest BCUT2D eigenvalue weighted by atomic mass is 10.2. The minimum atomic E-state index is -9.88. The van der Waals surface area contributed by atoms with E-state index in [4.69, 9.17) is 0 Å². The van der Waals surface area contributed by atoms with Crippen molar-refractivity contribution in [1.29, 1.82) is 0 Å². The van der Waals surface area contributed by atoms with Gasteiger partial charge in [0.2, 0.25) is 0 Å². The van der Waals surface area contributed by atoms with E-state index < -0.39 is 26.9 Å². The molecule has 0 bridgehead atoms. The summed E-state index contributed by atoms with van der Waals surface area (Å²) in [5, 5.41) is 0. The minimum absolute atomic E-state index is 0.0345. The SMILES string of the molecule is FC(F)(F)c1ccc(S(F)(F)(F)(F)F)cc1. The quantitative estimate of drug-likeness (QED) is 0.603. The summed E-state index contributed by atoms with van der Waals surface area (Å²) in [5.74, 6) is 0. The van der Waals surface area contributed by atoms with Crippen LogP contribution in [-0.2, 0) is 6.18 Å². The van der Waals surface area contributed by atoms with E-state index in [1.165, 1.54) is 0 Å². The molecule has 16 heavy (non-hydrogen) atoms. The average Bonchev–Trinajstić information content (AvgIpc) is 1.99. The molecule has 0 radical (unpaired) electrons. The van der Waals surface area contributed by atoms with Gasteiger partial charge in [0, 0.05) is 0 Å². The van der Waals surface area contributed by atoms with Crippen LogP contribution in [0.4, 0.5) is 32.6 Å². The zero-order valence-electron chi connectivity index (χ0n) is 7.24. The highest BCUT2D eigenvalue weighted by Crippen LogP contribution is 3.02. The summed E-state index contributed by atoms with van der Waals surface area (Å²) in [6.07, 6.45) is -4.86. The van der Waals surface area contributed by atoms with Gasteiger partial charge < -0.3 is 0 Å². The Morgan fingerprint density at radius 2 is 1.12 bits per heavy atom. The highest BCUT2D eigenvalue weighted by atomic mass is 32.5. The Balaban J connectivity index is 3.27. The smallest absolute Gasteiger partial charge is 0.166 e. The predicted octanol–water partition coefficient (Wildman–Crippen LogP) is 5.36. The Hall–Kier alpha value is -0.990. The van der Waals surface area contributed by atoms with Crippen molar-refractivity contribution in [2.24, 2.45) is 0 Å². The van der Waals surface area contributed by atoms with Crippen molar-refractivity contribution in [1.82, 2.24) is 0 Å². The first kappa shape index (κ1) is 13.1. The highest BCUT2D eigenvalue weighted by Gasteiger charge is 2.65. The van der Waals surface area contributed by atoms with Crippen LogP contribution < -0.4 is 0 Å². The Morgan fingerprint density at radius 1 is 0.750 bits per heavy atom. The summed E-state index contributed by atoms with van der Waals surface area (Å²) in [6.45, 7) is 0. The van der Waals surface area contributed by atoms with Crippen LogP contribution in [0.3, 0.4) is 0 Å². The largest absolute Gasteiger partial charge is 0.416 e. The summed E-state index contributed by atoms with van der Waals surface area (Å²) >= 11 is 0. The Kier molecular flexibility index (Phi) is 2.15. The molecular formula is C7H4F8S. The van der Waals surface area contributed by atoms with Crippen LogP contribution in [0.2, 0.25) is 0 Å². The molecule has 1 aromatic rings. The lowest BCUT2D eigenvalue weighted by molar-refractivity contribution is -0.137. The fourth-order valence-corrected chi connectivity index (χ4v) is 1.55.